The van der Waals surface area contributed by atoms with Crippen LogP contribution in [0.25, 0.3) is 11.8 Å². The van der Waals surface area contributed by atoms with Crippen LogP contribution in [0.4, 0.5) is 4.39 Å². The van der Waals surface area contributed by atoms with Gasteiger partial charge in [0.1, 0.15) is 5.82 Å². The minimum Gasteiger partial charge on any atom is -0.449 e. The van der Waals surface area contributed by atoms with E-state index >= 15 is 0 Å². The maximum absolute atomic E-state index is 13.1. The fourth-order valence-corrected chi connectivity index (χ4v) is 2.54. The Morgan fingerprint density at radius 2 is 1.96 bits per heavy atom. The van der Waals surface area contributed by atoms with Crippen LogP contribution in [0.2, 0.25) is 0 Å². The molecular formula is C20H24FN3O3. The van der Waals surface area contributed by atoms with E-state index in [4.69, 9.17) is 4.74 Å². The van der Waals surface area contributed by atoms with Gasteiger partial charge in [-0.2, -0.15) is 5.10 Å². The fraction of sp³-hybridized carbons (Fsp3) is 0.350. The highest BCUT2D eigenvalue weighted by Crippen LogP contribution is 2.19. The minimum absolute atomic E-state index is 0.319. The van der Waals surface area contributed by atoms with Crippen molar-refractivity contribution in [1.82, 2.24) is 15.1 Å². The predicted molar refractivity (Wildman–Crippen MR) is 101 cm³/mol. The van der Waals surface area contributed by atoms with Gasteiger partial charge in [0, 0.05) is 23.9 Å². The van der Waals surface area contributed by atoms with Crippen LogP contribution < -0.4 is 5.32 Å². The normalized spacial score (nSPS) is 12.2. The van der Waals surface area contributed by atoms with Gasteiger partial charge in [-0.15, -0.1) is 0 Å². The molecule has 7 heteroatoms. The first-order valence-electron chi connectivity index (χ1n) is 8.82. The van der Waals surface area contributed by atoms with Crippen LogP contribution in [-0.4, -0.2) is 34.3 Å². The van der Waals surface area contributed by atoms with Crippen LogP contribution in [0.3, 0.4) is 0 Å². The quantitative estimate of drug-likeness (QED) is 0.598. The Morgan fingerprint density at radius 1 is 1.30 bits per heavy atom. The molecule has 1 aromatic carbocycles. The molecule has 144 valence electrons. The smallest absolute Gasteiger partial charge is 0.331 e. The highest BCUT2D eigenvalue weighted by molar-refractivity contribution is 5.90. The number of esters is 1. The lowest BCUT2D eigenvalue weighted by Crippen LogP contribution is -2.35. The minimum atomic E-state index is -0.863. The van der Waals surface area contributed by atoms with Gasteiger partial charge in [-0.05, 0) is 57.5 Å². The molecule has 1 aromatic heterocycles. The molecule has 27 heavy (non-hydrogen) atoms. The summed E-state index contributed by atoms with van der Waals surface area (Å²) in [5.74, 6) is -1.25. The van der Waals surface area contributed by atoms with Gasteiger partial charge in [0.05, 0.1) is 11.4 Å². The zero-order valence-corrected chi connectivity index (χ0v) is 16.0. The van der Waals surface area contributed by atoms with E-state index in [0.717, 1.165) is 29.1 Å². The number of carbonyl (C=O) groups excluding carboxylic acids is 2. The number of hydrogen-bond acceptors (Lipinski definition) is 4. The van der Waals surface area contributed by atoms with Crippen molar-refractivity contribution >= 4 is 18.0 Å². The summed E-state index contributed by atoms with van der Waals surface area (Å²) in [6.07, 6.45) is 2.83. The highest BCUT2D eigenvalue weighted by Gasteiger charge is 2.16. The standard InChI is InChI=1S/C20H24FN3O3/c1-5-12-22-20(26)15(4)27-19(25)11-10-18-13(2)23-24(14(18)3)17-8-6-16(21)7-9-17/h6-11,15H,5,12H2,1-4H3,(H,22,26)/b11-10+. The Labute approximate surface area is 158 Å². The van der Waals surface area contributed by atoms with E-state index in [9.17, 15) is 14.0 Å². The summed E-state index contributed by atoms with van der Waals surface area (Å²) in [7, 11) is 0. The highest BCUT2D eigenvalue weighted by atomic mass is 19.1. The Hall–Kier alpha value is -2.96. The zero-order chi connectivity index (χ0) is 20.0. The summed E-state index contributed by atoms with van der Waals surface area (Å²) in [6, 6.07) is 5.99. The largest absolute Gasteiger partial charge is 0.449 e. The molecule has 1 N–H and O–H groups in total. The van der Waals surface area contributed by atoms with Crippen molar-refractivity contribution in [3.63, 3.8) is 0 Å². The molecule has 1 amide bonds. The predicted octanol–water partition coefficient (Wildman–Crippen LogP) is 3.10. The first-order valence-corrected chi connectivity index (χ1v) is 8.82. The lowest BCUT2D eigenvalue weighted by molar-refractivity contribution is -0.150. The topological polar surface area (TPSA) is 73.2 Å². The molecule has 0 spiro atoms. The van der Waals surface area contributed by atoms with Gasteiger partial charge in [-0.1, -0.05) is 6.92 Å². The zero-order valence-electron chi connectivity index (χ0n) is 16.0. The third-order valence-corrected chi connectivity index (χ3v) is 4.02. The molecule has 0 saturated heterocycles. The van der Waals surface area contributed by atoms with E-state index in [1.165, 1.54) is 25.1 Å². The van der Waals surface area contributed by atoms with Crippen LogP contribution in [0.1, 0.15) is 37.2 Å². The molecule has 2 aromatic rings. The third-order valence-electron chi connectivity index (χ3n) is 4.02. The van der Waals surface area contributed by atoms with E-state index in [1.807, 2.05) is 20.8 Å². The molecule has 0 saturated carbocycles. The van der Waals surface area contributed by atoms with Gasteiger partial charge in [0.2, 0.25) is 0 Å². The van der Waals surface area contributed by atoms with Gasteiger partial charge in [0.15, 0.2) is 6.10 Å². The van der Waals surface area contributed by atoms with Crippen molar-refractivity contribution in [3.05, 3.63) is 53.1 Å². The summed E-state index contributed by atoms with van der Waals surface area (Å²) in [4.78, 5) is 23.7. The Balaban J connectivity index is 2.09. The van der Waals surface area contributed by atoms with E-state index < -0.39 is 12.1 Å². The lowest BCUT2D eigenvalue weighted by atomic mass is 10.2. The number of rotatable bonds is 7. The summed E-state index contributed by atoms with van der Waals surface area (Å²) < 4.78 is 19.9. The van der Waals surface area contributed by atoms with Crippen molar-refractivity contribution in [3.8, 4) is 5.69 Å². The summed E-state index contributed by atoms with van der Waals surface area (Å²) in [6.45, 7) is 7.68. The number of ether oxygens (including phenoxy) is 1. The number of aromatic nitrogens is 2. The number of nitrogens with zero attached hydrogens (tertiary/aromatic N) is 2. The molecule has 1 heterocycles. The summed E-state index contributed by atoms with van der Waals surface area (Å²) >= 11 is 0. The number of amides is 1. The van der Waals surface area contributed by atoms with E-state index in [1.54, 1.807) is 22.9 Å². The molecule has 0 radical (unpaired) electrons. The van der Waals surface area contributed by atoms with E-state index in [-0.39, 0.29) is 11.7 Å². The van der Waals surface area contributed by atoms with Crippen molar-refractivity contribution in [1.29, 1.82) is 0 Å². The van der Waals surface area contributed by atoms with Gasteiger partial charge in [0.25, 0.3) is 5.91 Å². The average Bonchev–Trinajstić information content (AvgIpc) is 2.92. The Kier molecular flexibility index (Phi) is 6.87. The molecule has 2 rings (SSSR count). The van der Waals surface area contributed by atoms with Crippen LogP contribution in [0, 0.1) is 19.7 Å². The molecule has 0 fully saturated rings. The van der Waals surface area contributed by atoms with Crippen molar-refractivity contribution < 1.29 is 18.7 Å². The van der Waals surface area contributed by atoms with Gasteiger partial charge in [-0.3, -0.25) is 4.79 Å². The number of aryl methyl sites for hydroxylation is 1. The Morgan fingerprint density at radius 3 is 2.59 bits per heavy atom. The average molecular weight is 373 g/mol. The molecule has 0 bridgehead atoms. The van der Waals surface area contributed by atoms with Crippen LogP contribution in [0.15, 0.2) is 30.3 Å². The van der Waals surface area contributed by atoms with Gasteiger partial charge < -0.3 is 10.1 Å². The third kappa shape index (κ3) is 5.26. The number of benzene rings is 1. The number of halogens is 1. The molecule has 6 nitrogen and oxygen atoms in total. The molecule has 1 atom stereocenters. The van der Waals surface area contributed by atoms with Crippen molar-refractivity contribution in [2.75, 3.05) is 6.54 Å². The lowest BCUT2D eigenvalue weighted by Gasteiger charge is -2.11. The van der Waals surface area contributed by atoms with Gasteiger partial charge in [-0.25, -0.2) is 13.9 Å². The van der Waals surface area contributed by atoms with Crippen LogP contribution >= 0.6 is 0 Å². The summed E-state index contributed by atoms with van der Waals surface area (Å²) in [5, 5.41) is 7.11. The van der Waals surface area contributed by atoms with Crippen LogP contribution in [-0.2, 0) is 14.3 Å². The second kappa shape index (κ2) is 9.12. The number of carbonyl (C=O) groups is 2. The fourth-order valence-electron chi connectivity index (χ4n) is 2.54. The number of nitrogens with one attached hydrogen (secondary N) is 1. The van der Waals surface area contributed by atoms with E-state index in [0.29, 0.717) is 6.54 Å². The molecule has 1 unspecified atom stereocenters. The Bertz CT molecular complexity index is 841. The van der Waals surface area contributed by atoms with Gasteiger partial charge >= 0.3 is 5.97 Å². The molecule has 0 aliphatic heterocycles. The second-order valence-corrected chi connectivity index (χ2v) is 6.18. The van der Waals surface area contributed by atoms with E-state index in [2.05, 4.69) is 10.4 Å². The maximum atomic E-state index is 13.1. The molecular weight excluding hydrogens is 349 g/mol. The second-order valence-electron chi connectivity index (χ2n) is 6.18. The SMILES string of the molecule is CCCNC(=O)C(C)OC(=O)/C=C/c1c(C)nn(-c2ccc(F)cc2)c1C. The number of hydrogen-bond donors (Lipinski definition) is 1. The monoisotopic (exact) mass is 373 g/mol. The van der Waals surface area contributed by atoms with Crippen molar-refractivity contribution in [2.45, 2.75) is 40.2 Å². The van der Waals surface area contributed by atoms with Crippen LogP contribution in [0.5, 0.6) is 0 Å². The molecule has 0 aliphatic carbocycles. The maximum Gasteiger partial charge on any atom is 0.331 e. The van der Waals surface area contributed by atoms with Crippen molar-refractivity contribution in [2.24, 2.45) is 0 Å². The first kappa shape index (κ1) is 20.4. The molecule has 0 aliphatic rings. The summed E-state index contributed by atoms with van der Waals surface area (Å²) in [5.41, 5.74) is 3.01. The first-order chi connectivity index (χ1) is 12.8.